The summed E-state index contributed by atoms with van der Waals surface area (Å²) in [6.45, 7) is 14.1. The molecule has 3 aliphatic carbocycles. The Balaban J connectivity index is 1.88. The minimum Gasteiger partial charge on any atom is -0.504 e. The quantitative estimate of drug-likeness (QED) is 0.436. The molecule has 0 amide bonds. The number of allylic oxidation sites excluding steroid dienone is 4. The lowest BCUT2D eigenvalue weighted by molar-refractivity contribution is -0.118. The van der Waals surface area contributed by atoms with E-state index in [4.69, 9.17) is 0 Å². The fourth-order valence-electron chi connectivity index (χ4n) is 5.69. The van der Waals surface area contributed by atoms with Crippen molar-refractivity contribution in [2.45, 2.75) is 80.1 Å². The number of hydrogen-bond donors (Lipinski definition) is 2. The molecule has 0 saturated heterocycles. The summed E-state index contributed by atoms with van der Waals surface area (Å²) >= 11 is 0. The molecule has 0 aromatic carbocycles. The molecule has 0 unspecified atom stereocenters. The average Bonchev–Trinajstić information content (AvgIpc) is 2.66. The van der Waals surface area contributed by atoms with Crippen molar-refractivity contribution in [1.82, 2.24) is 5.32 Å². The molecular formula is C26H39NO3. The number of hydrogen-bond acceptors (Lipinski definition) is 4. The summed E-state index contributed by atoms with van der Waals surface area (Å²) in [5, 5.41) is 13.7. The number of Topliss-reactive ketones (excluding diaryl/α,β-unsaturated/α-hetero) is 1. The van der Waals surface area contributed by atoms with E-state index in [1.165, 1.54) is 24.5 Å². The van der Waals surface area contributed by atoms with Gasteiger partial charge in [-0.1, -0.05) is 59.6 Å². The van der Waals surface area contributed by atoms with E-state index >= 15 is 0 Å². The average molecular weight is 414 g/mol. The first-order chi connectivity index (χ1) is 14.0. The third-order valence-corrected chi connectivity index (χ3v) is 7.97. The van der Waals surface area contributed by atoms with Crippen molar-refractivity contribution in [2.24, 2.45) is 28.6 Å². The van der Waals surface area contributed by atoms with Crippen molar-refractivity contribution < 1.29 is 14.7 Å². The van der Waals surface area contributed by atoms with Crippen LogP contribution in [-0.2, 0) is 9.59 Å². The Bertz CT molecular complexity index is 814. The van der Waals surface area contributed by atoms with Crippen LogP contribution in [0.2, 0.25) is 0 Å². The molecule has 0 heterocycles. The summed E-state index contributed by atoms with van der Waals surface area (Å²) in [7, 11) is 0. The number of aliphatic hydroxyl groups is 1. The zero-order valence-electron chi connectivity index (χ0n) is 19.6. The van der Waals surface area contributed by atoms with Crippen LogP contribution in [0.5, 0.6) is 0 Å². The zero-order valence-corrected chi connectivity index (χ0v) is 19.6. The minimum absolute atomic E-state index is 0.151. The maximum Gasteiger partial charge on any atom is 0.222 e. The van der Waals surface area contributed by atoms with Crippen molar-refractivity contribution in [3.8, 4) is 0 Å². The Morgan fingerprint density at radius 1 is 1.23 bits per heavy atom. The van der Waals surface area contributed by atoms with Gasteiger partial charge in [0.15, 0.2) is 5.76 Å². The number of ketones is 2. The van der Waals surface area contributed by atoms with Crippen LogP contribution < -0.4 is 5.32 Å². The van der Waals surface area contributed by atoms with Crippen molar-refractivity contribution in [3.63, 3.8) is 0 Å². The van der Waals surface area contributed by atoms with E-state index in [2.05, 4.69) is 52.9 Å². The molecule has 0 aromatic rings. The third-order valence-electron chi connectivity index (χ3n) is 7.97. The highest BCUT2D eigenvalue weighted by atomic mass is 16.3. The van der Waals surface area contributed by atoms with Crippen LogP contribution in [-0.4, -0.2) is 23.2 Å². The molecule has 3 aliphatic rings. The van der Waals surface area contributed by atoms with Crippen LogP contribution in [0, 0.1) is 28.6 Å². The second-order valence-corrected chi connectivity index (χ2v) is 11.0. The molecule has 1 fully saturated rings. The molecule has 2 N–H and O–H groups in total. The Morgan fingerprint density at radius 2 is 1.93 bits per heavy atom. The van der Waals surface area contributed by atoms with Crippen LogP contribution in [0.15, 0.2) is 34.8 Å². The molecule has 3 rings (SSSR count). The highest BCUT2D eigenvalue weighted by molar-refractivity contribution is 6.21. The molecule has 1 saturated carbocycles. The van der Waals surface area contributed by atoms with Crippen molar-refractivity contribution in [3.05, 3.63) is 34.8 Å². The standard InChI is InChI=1S/C26H39NO3/c1-16(2)11-13-27-21-14-22(28)24(30)18(23(21)29)15-26(6)17(3)9-10-19-20(26)8-7-12-25(19,4)5/h10,14,16-17,20,27,30H,7-9,11-13,15H2,1-6H3/t17-,20+,26+/m0/s1. The van der Waals surface area contributed by atoms with Gasteiger partial charge in [0, 0.05) is 18.2 Å². The summed E-state index contributed by atoms with van der Waals surface area (Å²) in [6.07, 6.45) is 9.53. The van der Waals surface area contributed by atoms with Gasteiger partial charge in [-0.05, 0) is 60.7 Å². The van der Waals surface area contributed by atoms with Gasteiger partial charge in [0.25, 0.3) is 0 Å². The molecule has 0 bridgehead atoms. The molecule has 0 spiro atoms. The predicted molar refractivity (Wildman–Crippen MR) is 121 cm³/mol. The van der Waals surface area contributed by atoms with Crippen LogP contribution in [0.1, 0.15) is 80.1 Å². The second-order valence-electron chi connectivity index (χ2n) is 11.0. The van der Waals surface area contributed by atoms with Gasteiger partial charge in [-0.2, -0.15) is 0 Å². The van der Waals surface area contributed by atoms with Crippen molar-refractivity contribution in [1.29, 1.82) is 0 Å². The van der Waals surface area contributed by atoms with Gasteiger partial charge in [0.1, 0.15) is 0 Å². The fraction of sp³-hybridized carbons (Fsp3) is 0.692. The van der Waals surface area contributed by atoms with Crippen LogP contribution in [0.25, 0.3) is 0 Å². The van der Waals surface area contributed by atoms with E-state index in [-0.39, 0.29) is 22.4 Å². The first kappa shape index (κ1) is 22.8. The summed E-state index contributed by atoms with van der Waals surface area (Å²) in [5.74, 6) is 0.258. The maximum atomic E-state index is 13.3. The highest BCUT2D eigenvalue weighted by Crippen LogP contribution is 2.58. The Labute approximate surface area is 181 Å². The SMILES string of the molecule is CC(C)CCNC1=CC(=O)C(O)=C(C[C@@]2(C)[C@@H]3CCCC(C)(C)C3=CC[C@@H]2C)C1=O. The van der Waals surface area contributed by atoms with E-state index in [1.807, 2.05) is 0 Å². The number of rotatable bonds is 6. The Morgan fingerprint density at radius 3 is 2.60 bits per heavy atom. The van der Waals surface area contributed by atoms with E-state index in [1.54, 1.807) is 0 Å². The van der Waals surface area contributed by atoms with Gasteiger partial charge >= 0.3 is 0 Å². The van der Waals surface area contributed by atoms with Gasteiger partial charge in [-0.3, -0.25) is 9.59 Å². The minimum atomic E-state index is -0.455. The molecule has 166 valence electrons. The Kier molecular flexibility index (Phi) is 6.36. The van der Waals surface area contributed by atoms with Gasteiger partial charge in [-0.15, -0.1) is 0 Å². The smallest absolute Gasteiger partial charge is 0.222 e. The van der Waals surface area contributed by atoms with E-state index < -0.39 is 5.78 Å². The van der Waals surface area contributed by atoms with Gasteiger partial charge in [-0.25, -0.2) is 0 Å². The van der Waals surface area contributed by atoms with Gasteiger partial charge in [0.2, 0.25) is 11.6 Å². The molecule has 0 aliphatic heterocycles. The van der Waals surface area contributed by atoms with E-state index in [0.29, 0.717) is 42.0 Å². The van der Waals surface area contributed by atoms with Gasteiger partial charge < -0.3 is 10.4 Å². The number of fused-ring (bicyclic) bond motifs is 1. The van der Waals surface area contributed by atoms with Crippen LogP contribution >= 0.6 is 0 Å². The molecule has 3 atom stereocenters. The lowest BCUT2D eigenvalue weighted by atomic mass is 9.51. The maximum absolute atomic E-state index is 13.3. The largest absolute Gasteiger partial charge is 0.504 e. The lowest BCUT2D eigenvalue weighted by Gasteiger charge is -2.53. The van der Waals surface area contributed by atoms with Crippen molar-refractivity contribution in [2.75, 3.05) is 6.54 Å². The van der Waals surface area contributed by atoms with E-state index in [9.17, 15) is 14.7 Å². The number of carbonyl (C=O) groups excluding carboxylic acids is 2. The Hall–Kier alpha value is -1.84. The molecule has 0 aromatic heterocycles. The monoisotopic (exact) mass is 413 g/mol. The zero-order chi connectivity index (χ0) is 22.3. The first-order valence-electron chi connectivity index (χ1n) is 11.6. The molecular weight excluding hydrogens is 374 g/mol. The summed E-state index contributed by atoms with van der Waals surface area (Å²) in [5.41, 5.74) is 2.17. The molecule has 4 nitrogen and oxygen atoms in total. The summed E-state index contributed by atoms with van der Waals surface area (Å²) in [6, 6.07) is 0. The third kappa shape index (κ3) is 4.15. The fourth-order valence-corrected chi connectivity index (χ4v) is 5.69. The van der Waals surface area contributed by atoms with Crippen LogP contribution in [0.3, 0.4) is 0 Å². The number of aliphatic hydroxyl groups excluding tert-OH is 1. The lowest BCUT2D eigenvalue weighted by Crippen LogP contribution is -2.45. The summed E-state index contributed by atoms with van der Waals surface area (Å²) in [4.78, 5) is 25.7. The first-order valence-corrected chi connectivity index (χ1v) is 11.6. The predicted octanol–water partition coefficient (Wildman–Crippen LogP) is 5.66. The second kappa shape index (κ2) is 8.36. The topological polar surface area (TPSA) is 66.4 Å². The van der Waals surface area contributed by atoms with E-state index in [0.717, 1.165) is 19.3 Å². The number of nitrogens with one attached hydrogen (secondary N) is 1. The normalized spacial score (nSPS) is 31.4. The summed E-state index contributed by atoms with van der Waals surface area (Å²) < 4.78 is 0. The van der Waals surface area contributed by atoms with Crippen molar-refractivity contribution >= 4 is 11.6 Å². The molecule has 0 radical (unpaired) electrons. The molecule has 30 heavy (non-hydrogen) atoms. The molecule has 4 heteroatoms. The van der Waals surface area contributed by atoms with Gasteiger partial charge in [0.05, 0.1) is 5.70 Å². The van der Waals surface area contributed by atoms with Crippen LogP contribution in [0.4, 0.5) is 0 Å². The highest BCUT2D eigenvalue weighted by Gasteiger charge is 2.49. The number of carbonyl (C=O) groups is 2.